The van der Waals surface area contributed by atoms with Gasteiger partial charge in [0.15, 0.2) is 11.4 Å². The third-order valence-electron chi connectivity index (χ3n) is 2.36. The maximum atomic E-state index is 12.9. The summed E-state index contributed by atoms with van der Waals surface area (Å²) in [6, 6.07) is 7.14. The highest BCUT2D eigenvalue weighted by atomic mass is 19.4. The highest BCUT2D eigenvalue weighted by Crippen LogP contribution is 2.32. The number of benzene rings is 1. The van der Waals surface area contributed by atoms with E-state index in [0.29, 0.717) is 10.4 Å². The van der Waals surface area contributed by atoms with E-state index < -0.39 is 17.6 Å². The molecule has 0 unspecified atom stereocenters. The lowest BCUT2D eigenvalue weighted by Gasteiger charge is -2.09. The van der Waals surface area contributed by atoms with Crippen molar-refractivity contribution in [3.8, 4) is 17.5 Å². The summed E-state index contributed by atoms with van der Waals surface area (Å²) in [5.74, 6) is 0.498. The van der Waals surface area contributed by atoms with Gasteiger partial charge in [0.1, 0.15) is 11.8 Å². The quantitative estimate of drug-likeness (QED) is 0.837. The summed E-state index contributed by atoms with van der Waals surface area (Å²) in [5.41, 5.74) is -1.81. The smallest absolute Gasteiger partial charge is 0.436 e. The van der Waals surface area contributed by atoms with Crippen LogP contribution < -0.4 is 4.74 Å². The Labute approximate surface area is 105 Å². The zero-order valence-corrected chi connectivity index (χ0v) is 9.64. The highest BCUT2D eigenvalue weighted by molar-refractivity contribution is 5.40. The Morgan fingerprint density at radius 3 is 2.37 bits per heavy atom. The number of nitrogens with zero attached hydrogens (tertiary/aromatic N) is 4. The molecule has 0 saturated heterocycles. The van der Waals surface area contributed by atoms with E-state index in [2.05, 4.69) is 10.3 Å². The third kappa shape index (κ3) is 2.35. The van der Waals surface area contributed by atoms with E-state index >= 15 is 0 Å². The summed E-state index contributed by atoms with van der Waals surface area (Å²) >= 11 is 0. The average molecular weight is 268 g/mol. The molecule has 0 N–H and O–H groups in total. The maximum Gasteiger partial charge on any atom is 0.436 e. The van der Waals surface area contributed by atoms with Gasteiger partial charge in [-0.05, 0) is 24.3 Å². The van der Waals surface area contributed by atoms with Crippen LogP contribution in [0, 0.1) is 11.3 Å². The second-order valence-corrected chi connectivity index (χ2v) is 3.51. The Morgan fingerprint density at radius 1 is 1.26 bits per heavy atom. The molecular weight excluding hydrogens is 261 g/mol. The Kier molecular flexibility index (Phi) is 3.12. The highest BCUT2D eigenvalue weighted by Gasteiger charge is 2.40. The van der Waals surface area contributed by atoms with Gasteiger partial charge in [0.05, 0.1) is 12.8 Å². The van der Waals surface area contributed by atoms with Gasteiger partial charge in [0.2, 0.25) is 0 Å². The molecule has 1 aromatic carbocycles. The minimum atomic E-state index is -4.71. The first-order chi connectivity index (χ1) is 8.97. The fourth-order valence-electron chi connectivity index (χ4n) is 1.52. The Morgan fingerprint density at radius 2 is 1.89 bits per heavy atom. The SMILES string of the molecule is COc1ccc(-n2nnc(C#N)c2C(F)(F)F)cc1. The van der Waals surface area contributed by atoms with Crippen LogP contribution in [0.2, 0.25) is 0 Å². The number of rotatable bonds is 2. The molecule has 0 aliphatic carbocycles. The number of halogens is 3. The Balaban J connectivity index is 2.56. The molecule has 98 valence electrons. The van der Waals surface area contributed by atoms with Crippen LogP contribution in [0.3, 0.4) is 0 Å². The van der Waals surface area contributed by atoms with E-state index in [9.17, 15) is 13.2 Å². The third-order valence-corrected chi connectivity index (χ3v) is 2.36. The predicted octanol–water partition coefficient (Wildman–Crippen LogP) is 2.17. The van der Waals surface area contributed by atoms with Crippen LogP contribution in [0.15, 0.2) is 24.3 Å². The summed E-state index contributed by atoms with van der Waals surface area (Å²) in [6.45, 7) is 0. The van der Waals surface area contributed by atoms with Gasteiger partial charge in [0, 0.05) is 0 Å². The van der Waals surface area contributed by atoms with Crippen LogP contribution in [-0.2, 0) is 6.18 Å². The fraction of sp³-hybridized carbons (Fsp3) is 0.182. The maximum absolute atomic E-state index is 12.9. The van der Waals surface area contributed by atoms with E-state index in [1.807, 2.05) is 0 Å². The molecule has 0 spiro atoms. The second kappa shape index (κ2) is 4.61. The van der Waals surface area contributed by atoms with Crippen molar-refractivity contribution in [2.75, 3.05) is 7.11 Å². The first-order valence-corrected chi connectivity index (χ1v) is 5.05. The molecule has 8 heteroatoms. The van der Waals surface area contributed by atoms with Crippen LogP contribution in [0.4, 0.5) is 13.2 Å². The van der Waals surface area contributed by atoms with E-state index in [0.717, 1.165) is 0 Å². The molecule has 0 saturated carbocycles. The molecule has 1 heterocycles. The molecule has 0 atom stereocenters. The largest absolute Gasteiger partial charge is 0.497 e. The molecular formula is C11H7F3N4O. The van der Waals surface area contributed by atoms with Crippen molar-refractivity contribution in [2.45, 2.75) is 6.18 Å². The van der Waals surface area contributed by atoms with Crippen LogP contribution in [0.5, 0.6) is 5.75 Å². The zero-order valence-electron chi connectivity index (χ0n) is 9.64. The summed E-state index contributed by atoms with van der Waals surface area (Å²) in [5, 5.41) is 15.2. The van der Waals surface area contributed by atoms with Gasteiger partial charge in [-0.1, -0.05) is 5.21 Å². The Hall–Kier alpha value is -2.56. The van der Waals surface area contributed by atoms with Crippen LogP contribution >= 0.6 is 0 Å². The molecule has 5 nitrogen and oxygen atoms in total. The molecule has 0 bridgehead atoms. The topological polar surface area (TPSA) is 63.7 Å². The summed E-state index contributed by atoms with van der Waals surface area (Å²) in [6.07, 6.45) is -4.71. The number of aromatic nitrogens is 3. The van der Waals surface area contributed by atoms with Gasteiger partial charge >= 0.3 is 6.18 Å². The number of ether oxygens (including phenoxy) is 1. The lowest BCUT2D eigenvalue weighted by molar-refractivity contribution is -0.143. The van der Waals surface area contributed by atoms with Crippen molar-refractivity contribution in [3.63, 3.8) is 0 Å². The molecule has 0 fully saturated rings. The van der Waals surface area contributed by atoms with Gasteiger partial charge in [-0.25, -0.2) is 4.68 Å². The minimum absolute atomic E-state index is 0.141. The lowest BCUT2D eigenvalue weighted by Crippen LogP contribution is -2.14. The van der Waals surface area contributed by atoms with Crippen molar-refractivity contribution in [3.05, 3.63) is 35.7 Å². The molecule has 2 aromatic rings. The van der Waals surface area contributed by atoms with Crippen molar-refractivity contribution < 1.29 is 17.9 Å². The molecule has 0 aliphatic rings. The first-order valence-electron chi connectivity index (χ1n) is 5.05. The summed E-state index contributed by atoms with van der Waals surface area (Å²) < 4.78 is 44.1. The number of nitriles is 1. The number of hydrogen-bond acceptors (Lipinski definition) is 4. The lowest BCUT2D eigenvalue weighted by atomic mass is 10.2. The van der Waals surface area contributed by atoms with E-state index in [-0.39, 0.29) is 5.69 Å². The van der Waals surface area contributed by atoms with E-state index in [4.69, 9.17) is 10.00 Å². The molecule has 0 amide bonds. The second-order valence-electron chi connectivity index (χ2n) is 3.51. The van der Waals surface area contributed by atoms with Gasteiger partial charge in [-0.3, -0.25) is 0 Å². The van der Waals surface area contributed by atoms with Gasteiger partial charge < -0.3 is 4.74 Å². The van der Waals surface area contributed by atoms with E-state index in [1.54, 1.807) is 0 Å². The van der Waals surface area contributed by atoms with Crippen molar-refractivity contribution in [1.29, 1.82) is 5.26 Å². The monoisotopic (exact) mass is 268 g/mol. The zero-order chi connectivity index (χ0) is 14.0. The number of hydrogen-bond donors (Lipinski definition) is 0. The summed E-state index contributed by atoms with van der Waals surface area (Å²) in [7, 11) is 1.44. The first kappa shape index (κ1) is 12.9. The van der Waals surface area contributed by atoms with Gasteiger partial charge in [-0.2, -0.15) is 18.4 Å². The molecule has 0 radical (unpaired) electrons. The molecule has 2 rings (SSSR count). The average Bonchev–Trinajstić information content (AvgIpc) is 2.82. The fourth-order valence-corrected chi connectivity index (χ4v) is 1.52. The van der Waals surface area contributed by atoms with Crippen LogP contribution in [0.1, 0.15) is 11.4 Å². The Bertz CT molecular complexity index is 625. The van der Waals surface area contributed by atoms with E-state index in [1.165, 1.54) is 37.4 Å². The summed E-state index contributed by atoms with van der Waals surface area (Å²) in [4.78, 5) is 0. The molecule has 0 aliphatic heterocycles. The van der Waals surface area contributed by atoms with Crippen molar-refractivity contribution in [2.24, 2.45) is 0 Å². The van der Waals surface area contributed by atoms with Crippen molar-refractivity contribution >= 4 is 0 Å². The number of methoxy groups -OCH3 is 1. The number of alkyl halides is 3. The molecule has 1 aromatic heterocycles. The standard InChI is InChI=1S/C11H7F3N4O/c1-19-8-4-2-7(3-5-8)18-10(11(12,13)14)9(6-15)16-17-18/h2-5H,1H3. The normalized spacial score (nSPS) is 11.1. The van der Waals surface area contributed by atoms with Gasteiger partial charge in [0.25, 0.3) is 0 Å². The predicted molar refractivity (Wildman–Crippen MR) is 57.6 cm³/mol. The minimum Gasteiger partial charge on any atom is -0.497 e. The van der Waals surface area contributed by atoms with Crippen molar-refractivity contribution in [1.82, 2.24) is 15.0 Å². The van der Waals surface area contributed by atoms with Gasteiger partial charge in [-0.15, -0.1) is 5.10 Å². The molecule has 19 heavy (non-hydrogen) atoms. The van der Waals surface area contributed by atoms with Crippen LogP contribution in [-0.4, -0.2) is 22.1 Å². The van der Waals surface area contributed by atoms with Crippen LogP contribution in [0.25, 0.3) is 5.69 Å².